The summed E-state index contributed by atoms with van der Waals surface area (Å²) in [6.45, 7) is 1.90. The molecule has 88 valence electrons. The average molecular weight is 249 g/mol. The minimum absolute atomic E-state index is 0.525. The number of halogens is 1. The highest BCUT2D eigenvalue weighted by Gasteiger charge is 2.07. The van der Waals surface area contributed by atoms with Crippen molar-refractivity contribution in [1.82, 2.24) is 0 Å². The normalized spacial score (nSPS) is 10.2. The summed E-state index contributed by atoms with van der Waals surface area (Å²) >= 11 is 5.80. The Morgan fingerprint density at radius 1 is 1.06 bits per heavy atom. The van der Waals surface area contributed by atoms with E-state index in [4.69, 9.17) is 27.8 Å². The zero-order valence-corrected chi connectivity index (χ0v) is 10.2. The number of nitrogens with two attached hydrogens (primary N) is 2. The Kier molecular flexibility index (Phi) is 3.11. The second-order valence-electron chi connectivity index (χ2n) is 3.81. The Morgan fingerprint density at radius 3 is 2.29 bits per heavy atom. The number of hydrogen-bond donors (Lipinski definition) is 2. The summed E-state index contributed by atoms with van der Waals surface area (Å²) < 4.78 is 5.71. The van der Waals surface area contributed by atoms with E-state index < -0.39 is 0 Å². The van der Waals surface area contributed by atoms with Crippen LogP contribution in [0.15, 0.2) is 36.4 Å². The Hall–Kier alpha value is -1.87. The Bertz CT molecular complexity index is 515. The number of nitrogen functional groups attached to an aromatic ring is 2. The summed E-state index contributed by atoms with van der Waals surface area (Å²) in [4.78, 5) is 0. The first kappa shape index (κ1) is 11.6. The minimum atomic E-state index is 0.525. The Labute approximate surface area is 105 Å². The number of hydrogen-bond acceptors (Lipinski definition) is 3. The van der Waals surface area contributed by atoms with Gasteiger partial charge in [-0.05, 0) is 48.9 Å². The van der Waals surface area contributed by atoms with Crippen molar-refractivity contribution in [1.29, 1.82) is 0 Å². The van der Waals surface area contributed by atoms with Gasteiger partial charge in [-0.1, -0.05) is 11.6 Å². The van der Waals surface area contributed by atoms with Gasteiger partial charge in [0.25, 0.3) is 0 Å². The van der Waals surface area contributed by atoms with Gasteiger partial charge in [-0.25, -0.2) is 0 Å². The molecule has 0 fully saturated rings. The van der Waals surface area contributed by atoms with Gasteiger partial charge in [0.2, 0.25) is 0 Å². The summed E-state index contributed by atoms with van der Waals surface area (Å²) in [5, 5.41) is 0.666. The summed E-state index contributed by atoms with van der Waals surface area (Å²) in [5.74, 6) is 1.32. The zero-order chi connectivity index (χ0) is 12.4. The molecule has 0 bridgehead atoms. The molecular weight excluding hydrogens is 236 g/mol. The van der Waals surface area contributed by atoms with Crippen LogP contribution in [0.2, 0.25) is 5.02 Å². The van der Waals surface area contributed by atoms with E-state index in [1.807, 2.05) is 13.0 Å². The summed E-state index contributed by atoms with van der Waals surface area (Å²) in [6.07, 6.45) is 0. The van der Waals surface area contributed by atoms with E-state index in [1.54, 1.807) is 30.3 Å². The number of benzene rings is 2. The second kappa shape index (κ2) is 4.55. The van der Waals surface area contributed by atoms with Crippen LogP contribution in [0.1, 0.15) is 5.56 Å². The van der Waals surface area contributed by atoms with Crippen LogP contribution < -0.4 is 16.2 Å². The first-order valence-corrected chi connectivity index (χ1v) is 5.53. The highest BCUT2D eigenvalue weighted by atomic mass is 35.5. The van der Waals surface area contributed by atoms with E-state index in [2.05, 4.69) is 0 Å². The summed E-state index contributed by atoms with van der Waals surface area (Å²) in [7, 11) is 0. The lowest BCUT2D eigenvalue weighted by atomic mass is 10.1. The van der Waals surface area contributed by atoms with Gasteiger partial charge >= 0.3 is 0 Å². The largest absolute Gasteiger partial charge is 0.455 e. The van der Waals surface area contributed by atoms with E-state index in [9.17, 15) is 0 Å². The van der Waals surface area contributed by atoms with Crippen molar-refractivity contribution < 1.29 is 4.74 Å². The fraction of sp³-hybridized carbons (Fsp3) is 0.0769. The van der Waals surface area contributed by atoms with Crippen LogP contribution in [0.5, 0.6) is 11.5 Å². The molecule has 0 aliphatic heterocycles. The molecule has 0 aromatic heterocycles. The molecule has 4 heteroatoms. The van der Waals surface area contributed by atoms with E-state index in [-0.39, 0.29) is 0 Å². The lowest BCUT2D eigenvalue weighted by molar-refractivity contribution is 0.481. The van der Waals surface area contributed by atoms with Crippen LogP contribution in [0.4, 0.5) is 11.4 Å². The number of ether oxygens (including phenoxy) is 1. The van der Waals surface area contributed by atoms with Crippen LogP contribution in [-0.4, -0.2) is 0 Å². The standard InChI is InChI=1S/C13H13ClN2O/c1-8-6-10(15)7-12(16)13(8)17-11-4-2-9(14)3-5-11/h2-7H,15-16H2,1H3. The van der Waals surface area contributed by atoms with Crippen molar-refractivity contribution in [3.05, 3.63) is 47.0 Å². The predicted octanol–water partition coefficient (Wildman–Crippen LogP) is 3.61. The van der Waals surface area contributed by atoms with Gasteiger partial charge in [-0.15, -0.1) is 0 Å². The van der Waals surface area contributed by atoms with Crippen LogP contribution in [0.25, 0.3) is 0 Å². The molecule has 2 aromatic rings. The van der Waals surface area contributed by atoms with Crippen molar-refractivity contribution in [3.63, 3.8) is 0 Å². The highest BCUT2D eigenvalue weighted by Crippen LogP contribution is 2.33. The van der Waals surface area contributed by atoms with Crippen LogP contribution in [0.3, 0.4) is 0 Å². The smallest absolute Gasteiger partial charge is 0.153 e. The van der Waals surface area contributed by atoms with Gasteiger partial charge in [0.15, 0.2) is 5.75 Å². The van der Waals surface area contributed by atoms with Crippen molar-refractivity contribution in [2.45, 2.75) is 6.92 Å². The van der Waals surface area contributed by atoms with Gasteiger partial charge in [-0.3, -0.25) is 0 Å². The predicted molar refractivity (Wildman–Crippen MR) is 71.5 cm³/mol. The molecule has 0 atom stereocenters. The average Bonchev–Trinajstić information content (AvgIpc) is 2.26. The molecule has 0 saturated carbocycles. The van der Waals surface area contributed by atoms with Crippen molar-refractivity contribution in [2.24, 2.45) is 0 Å². The first-order valence-electron chi connectivity index (χ1n) is 5.15. The van der Waals surface area contributed by atoms with E-state index in [0.717, 1.165) is 5.56 Å². The summed E-state index contributed by atoms with van der Waals surface area (Å²) in [5.41, 5.74) is 13.6. The van der Waals surface area contributed by atoms with E-state index in [1.165, 1.54) is 0 Å². The van der Waals surface area contributed by atoms with Crippen LogP contribution in [0, 0.1) is 6.92 Å². The van der Waals surface area contributed by atoms with E-state index >= 15 is 0 Å². The topological polar surface area (TPSA) is 61.3 Å². The molecule has 0 spiro atoms. The number of rotatable bonds is 2. The Balaban J connectivity index is 2.33. The van der Waals surface area contributed by atoms with Gasteiger partial charge in [0.05, 0.1) is 5.69 Å². The molecule has 0 amide bonds. The molecule has 0 aliphatic rings. The SMILES string of the molecule is Cc1cc(N)cc(N)c1Oc1ccc(Cl)cc1. The Morgan fingerprint density at radius 2 is 1.71 bits per heavy atom. The third-order valence-corrected chi connectivity index (χ3v) is 2.61. The lowest BCUT2D eigenvalue weighted by Gasteiger charge is -2.12. The van der Waals surface area contributed by atoms with Gasteiger partial charge < -0.3 is 16.2 Å². The fourth-order valence-electron chi connectivity index (χ4n) is 1.59. The maximum absolute atomic E-state index is 5.87. The molecule has 0 aliphatic carbocycles. The molecule has 2 aromatic carbocycles. The fourth-order valence-corrected chi connectivity index (χ4v) is 1.72. The molecule has 17 heavy (non-hydrogen) atoms. The van der Waals surface area contributed by atoms with Gasteiger partial charge in [0, 0.05) is 10.7 Å². The van der Waals surface area contributed by atoms with Crippen LogP contribution >= 0.6 is 11.6 Å². The zero-order valence-electron chi connectivity index (χ0n) is 9.41. The molecule has 0 radical (unpaired) electrons. The molecular formula is C13H13ClN2O. The van der Waals surface area contributed by atoms with Crippen LogP contribution in [-0.2, 0) is 0 Å². The van der Waals surface area contributed by atoms with Crippen molar-refractivity contribution >= 4 is 23.0 Å². The lowest BCUT2D eigenvalue weighted by Crippen LogP contribution is -1.97. The monoisotopic (exact) mass is 248 g/mol. The van der Waals surface area contributed by atoms with Gasteiger partial charge in [0.1, 0.15) is 5.75 Å². The summed E-state index contributed by atoms with van der Waals surface area (Å²) in [6, 6.07) is 10.6. The second-order valence-corrected chi connectivity index (χ2v) is 4.25. The third kappa shape index (κ3) is 2.63. The molecule has 0 heterocycles. The van der Waals surface area contributed by atoms with E-state index in [0.29, 0.717) is 27.9 Å². The molecule has 3 nitrogen and oxygen atoms in total. The maximum atomic E-state index is 5.87. The molecule has 0 saturated heterocycles. The number of anilines is 2. The third-order valence-electron chi connectivity index (χ3n) is 2.36. The molecule has 2 rings (SSSR count). The minimum Gasteiger partial charge on any atom is -0.455 e. The number of aryl methyl sites for hydroxylation is 1. The van der Waals surface area contributed by atoms with Gasteiger partial charge in [-0.2, -0.15) is 0 Å². The van der Waals surface area contributed by atoms with Crippen molar-refractivity contribution in [3.8, 4) is 11.5 Å². The quantitative estimate of drug-likeness (QED) is 0.798. The molecule has 0 unspecified atom stereocenters. The highest BCUT2D eigenvalue weighted by molar-refractivity contribution is 6.30. The first-order chi connectivity index (χ1) is 8.06. The maximum Gasteiger partial charge on any atom is 0.153 e. The molecule has 4 N–H and O–H groups in total. The van der Waals surface area contributed by atoms with Crippen molar-refractivity contribution in [2.75, 3.05) is 11.5 Å².